The van der Waals surface area contributed by atoms with Gasteiger partial charge < -0.3 is 20.5 Å². The van der Waals surface area contributed by atoms with Crippen LogP contribution >= 0.6 is 11.6 Å². The lowest BCUT2D eigenvalue weighted by Gasteiger charge is -2.19. The fraction of sp³-hybridized carbons (Fsp3) is 0.500. The number of halogens is 1. The van der Waals surface area contributed by atoms with Gasteiger partial charge in [0.1, 0.15) is 0 Å². The minimum Gasteiger partial charge on any atom is -0.489 e. The van der Waals surface area contributed by atoms with Crippen molar-refractivity contribution in [1.82, 2.24) is 5.32 Å². The number of nitrogens with one attached hydrogen (secondary N) is 1. The molecular weight excluding hydrogens is 288 g/mol. The van der Waals surface area contributed by atoms with Crippen molar-refractivity contribution in [1.29, 1.82) is 0 Å². The number of benzene rings is 1. The van der Waals surface area contributed by atoms with Crippen molar-refractivity contribution in [2.45, 2.75) is 25.8 Å². The molecule has 1 aliphatic rings. The number of hydrogen-bond donors (Lipinski definition) is 2. The van der Waals surface area contributed by atoms with Gasteiger partial charge in [-0.15, -0.1) is 0 Å². The minimum atomic E-state index is 0.0601. The molecule has 0 radical (unpaired) electrons. The van der Waals surface area contributed by atoms with Crippen LogP contribution in [0.15, 0.2) is 24.3 Å². The van der Waals surface area contributed by atoms with Crippen LogP contribution in [-0.4, -0.2) is 26.3 Å². The zero-order chi connectivity index (χ0) is 15.1. The Labute approximate surface area is 131 Å². The van der Waals surface area contributed by atoms with Gasteiger partial charge in [-0.1, -0.05) is 23.8 Å². The number of hydrogen-bond acceptors (Lipinski definition) is 4. The van der Waals surface area contributed by atoms with Crippen molar-refractivity contribution in [2.75, 3.05) is 26.3 Å². The Morgan fingerprint density at radius 1 is 1.38 bits per heavy atom. The third kappa shape index (κ3) is 4.37. The molecule has 0 aliphatic carbocycles. The Bertz CT molecular complexity index is 491. The molecule has 1 aliphatic heterocycles. The van der Waals surface area contributed by atoms with E-state index in [-0.39, 0.29) is 6.04 Å². The van der Waals surface area contributed by atoms with Crippen molar-refractivity contribution in [3.05, 3.63) is 34.9 Å². The van der Waals surface area contributed by atoms with E-state index in [2.05, 4.69) is 11.4 Å². The van der Waals surface area contributed by atoms with Crippen LogP contribution in [0.4, 0.5) is 0 Å². The molecule has 1 atom stereocenters. The molecule has 116 valence electrons. The summed E-state index contributed by atoms with van der Waals surface area (Å²) >= 11 is 6.32. The molecule has 0 aromatic heterocycles. The van der Waals surface area contributed by atoms with Crippen molar-refractivity contribution in [2.24, 2.45) is 5.73 Å². The fourth-order valence-electron chi connectivity index (χ4n) is 2.30. The Kier molecular flexibility index (Phi) is 6.36. The second-order valence-electron chi connectivity index (χ2n) is 4.98. The second-order valence-corrected chi connectivity index (χ2v) is 5.39. The lowest BCUT2D eigenvalue weighted by Crippen LogP contribution is -2.28. The van der Waals surface area contributed by atoms with Gasteiger partial charge >= 0.3 is 0 Å². The van der Waals surface area contributed by atoms with Crippen LogP contribution in [0.5, 0.6) is 11.5 Å². The standard InChI is InChI=1S/C16H23ClN2O2/c1-2-3-4-6-19-14(11-18)12-9-13(17)16-15(10-12)20-7-5-8-21-16/h2-3,9-10,14,19H,4-8,11,18H2,1H3/b3-2+. The molecular formula is C16H23ClN2O2. The summed E-state index contributed by atoms with van der Waals surface area (Å²) in [4.78, 5) is 0. The molecule has 4 nitrogen and oxygen atoms in total. The number of allylic oxidation sites excluding steroid dienone is 1. The Balaban J connectivity index is 2.13. The second kappa shape index (κ2) is 8.27. The molecule has 3 N–H and O–H groups in total. The van der Waals surface area contributed by atoms with E-state index in [1.807, 2.05) is 25.1 Å². The Hall–Kier alpha value is -1.23. The van der Waals surface area contributed by atoms with E-state index in [0.717, 1.165) is 24.9 Å². The smallest absolute Gasteiger partial charge is 0.179 e. The summed E-state index contributed by atoms with van der Waals surface area (Å²) in [6.07, 6.45) is 6.01. The predicted octanol–water partition coefficient (Wildman–Crippen LogP) is 3.06. The summed E-state index contributed by atoms with van der Waals surface area (Å²) in [5, 5.41) is 4.02. The van der Waals surface area contributed by atoms with Gasteiger partial charge in [-0.2, -0.15) is 0 Å². The van der Waals surface area contributed by atoms with Crippen LogP contribution in [0.1, 0.15) is 31.4 Å². The van der Waals surface area contributed by atoms with Crippen LogP contribution in [-0.2, 0) is 0 Å². The van der Waals surface area contributed by atoms with Crippen molar-refractivity contribution >= 4 is 11.6 Å². The largest absolute Gasteiger partial charge is 0.489 e. The summed E-state index contributed by atoms with van der Waals surface area (Å²) in [6, 6.07) is 3.95. The highest BCUT2D eigenvalue weighted by molar-refractivity contribution is 6.32. The van der Waals surface area contributed by atoms with Crippen molar-refractivity contribution in [3.63, 3.8) is 0 Å². The maximum Gasteiger partial charge on any atom is 0.179 e. The van der Waals surface area contributed by atoms with Gasteiger partial charge in [-0.05, 0) is 37.6 Å². The number of nitrogens with two attached hydrogens (primary N) is 1. The third-order valence-electron chi connectivity index (χ3n) is 3.40. The molecule has 0 amide bonds. The van der Waals surface area contributed by atoms with E-state index < -0.39 is 0 Å². The summed E-state index contributed by atoms with van der Waals surface area (Å²) in [7, 11) is 0. The SMILES string of the molecule is C/C=C/CCNC(CN)c1cc(Cl)c2c(c1)OCCCO2. The van der Waals surface area contributed by atoms with E-state index in [4.69, 9.17) is 26.8 Å². The lowest BCUT2D eigenvalue weighted by molar-refractivity contribution is 0.297. The monoisotopic (exact) mass is 310 g/mol. The Morgan fingerprint density at radius 2 is 2.19 bits per heavy atom. The number of ether oxygens (including phenoxy) is 2. The summed E-state index contributed by atoms with van der Waals surface area (Å²) < 4.78 is 11.4. The minimum absolute atomic E-state index is 0.0601. The number of fused-ring (bicyclic) bond motifs is 1. The highest BCUT2D eigenvalue weighted by atomic mass is 35.5. The topological polar surface area (TPSA) is 56.5 Å². The van der Waals surface area contributed by atoms with Gasteiger partial charge in [-0.25, -0.2) is 0 Å². The van der Waals surface area contributed by atoms with Gasteiger partial charge in [0.05, 0.1) is 18.2 Å². The van der Waals surface area contributed by atoms with Gasteiger partial charge in [0, 0.05) is 19.0 Å². The summed E-state index contributed by atoms with van der Waals surface area (Å²) in [5.74, 6) is 1.35. The first-order valence-electron chi connectivity index (χ1n) is 7.40. The molecule has 2 rings (SSSR count). The molecule has 5 heteroatoms. The lowest BCUT2D eigenvalue weighted by atomic mass is 10.1. The van der Waals surface area contributed by atoms with E-state index in [9.17, 15) is 0 Å². The van der Waals surface area contributed by atoms with Gasteiger partial charge in [0.2, 0.25) is 0 Å². The van der Waals surface area contributed by atoms with Crippen LogP contribution in [0.2, 0.25) is 5.02 Å². The number of rotatable bonds is 6. The summed E-state index contributed by atoms with van der Waals surface area (Å²) in [5.41, 5.74) is 6.92. The Morgan fingerprint density at radius 3 is 2.95 bits per heavy atom. The molecule has 0 saturated heterocycles. The first-order valence-corrected chi connectivity index (χ1v) is 7.77. The van der Waals surface area contributed by atoms with E-state index in [1.165, 1.54) is 0 Å². The molecule has 1 aromatic carbocycles. The maximum atomic E-state index is 6.32. The molecule has 0 fully saturated rings. The fourth-order valence-corrected chi connectivity index (χ4v) is 2.57. The molecule has 0 spiro atoms. The van der Waals surface area contributed by atoms with Gasteiger partial charge in [0.25, 0.3) is 0 Å². The normalized spacial score (nSPS) is 16.0. The molecule has 1 heterocycles. The first kappa shape index (κ1) is 16.1. The van der Waals surface area contributed by atoms with Crippen LogP contribution in [0, 0.1) is 0 Å². The van der Waals surface area contributed by atoms with Crippen LogP contribution in [0.25, 0.3) is 0 Å². The zero-order valence-electron chi connectivity index (χ0n) is 12.4. The zero-order valence-corrected chi connectivity index (χ0v) is 13.2. The van der Waals surface area contributed by atoms with Crippen molar-refractivity contribution in [3.8, 4) is 11.5 Å². The maximum absolute atomic E-state index is 6.32. The molecule has 1 unspecified atom stereocenters. The third-order valence-corrected chi connectivity index (χ3v) is 3.68. The van der Waals surface area contributed by atoms with Crippen LogP contribution in [0.3, 0.4) is 0 Å². The highest BCUT2D eigenvalue weighted by Gasteiger charge is 2.18. The summed E-state index contributed by atoms with van der Waals surface area (Å²) in [6.45, 7) is 4.68. The van der Waals surface area contributed by atoms with Crippen molar-refractivity contribution < 1.29 is 9.47 Å². The van der Waals surface area contributed by atoms with Gasteiger partial charge in [-0.3, -0.25) is 0 Å². The quantitative estimate of drug-likeness (QED) is 0.626. The first-order chi connectivity index (χ1) is 10.3. The molecule has 0 saturated carbocycles. The van der Waals surface area contributed by atoms with E-state index >= 15 is 0 Å². The average molecular weight is 311 g/mol. The highest BCUT2D eigenvalue weighted by Crippen LogP contribution is 2.39. The van der Waals surface area contributed by atoms with E-state index in [0.29, 0.717) is 36.3 Å². The molecule has 1 aromatic rings. The average Bonchev–Trinajstić information content (AvgIpc) is 2.73. The molecule has 21 heavy (non-hydrogen) atoms. The van der Waals surface area contributed by atoms with Crippen LogP contribution < -0.4 is 20.5 Å². The molecule has 0 bridgehead atoms. The predicted molar refractivity (Wildman–Crippen MR) is 86.3 cm³/mol. The van der Waals surface area contributed by atoms with E-state index in [1.54, 1.807) is 0 Å². The van der Waals surface area contributed by atoms with Gasteiger partial charge in [0.15, 0.2) is 11.5 Å².